The fourth-order valence-corrected chi connectivity index (χ4v) is 2.85. The van der Waals surface area contributed by atoms with Crippen LogP contribution in [0.2, 0.25) is 0 Å². The predicted octanol–water partition coefficient (Wildman–Crippen LogP) is 1.62. The highest BCUT2D eigenvalue weighted by atomic mass is 15.3. The smallest absolute Gasteiger partial charge is 0.109 e. The Morgan fingerprint density at radius 2 is 2.25 bits per heavy atom. The summed E-state index contributed by atoms with van der Waals surface area (Å²) in [7, 11) is 0. The first-order chi connectivity index (χ1) is 9.74. The second kappa shape index (κ2) is 5.79. The van der Waals surface area contributed by atoms with E-state index in [1.807, 2.05) is 23.1 Å². The van der Waals surface area contributed by atoms with E-state index in [0.29, 0.717) is 5.92 Å². The summed E-state index contributed by atoms with van der Waals surface area (Å²) in [5.41, 5.74) is 2.67. The number of imidazole rings is 1. The molecule has 1 aliphatic heterocycles. The minimum absolute atomic E-state index is 0.635. The highest BCUT2D eigenvalue weighted by Gasteiger charge is 2.19. The Balaban J connectivity index is 1.83. The first kappa shape index (κ1) is 13.4. The van der Waals surface area contributed by atoms with Crippen LogP contribution in [0.25, 0.3) is 0 Å². The number of hydrogen-bond donors (Lipinski definition) is 1. The van der Waals surface area contributed by atoms with Gasteiger partial charge in [-0.25, -0.2) is 4.98 Å². The normalized spacial score (nSPS) is 14.8. The molecule has 3 heterocycles. The maximum absolute atomic E-state index is 4.86. The van der Waals surface area contributed by atoms with Gasteiger partial charge in [0.1, 0.15) is 5.82 Å². The van der Waals surface area contributed by atoms with Gasteiger partial charge < -0.3 is 9.88 Å². The van der Waals surface area contributed by atoms with Crippen LogP contribution in [-0.4, -0.2) is 25.9 Å². The molecule has 0 bridgehead atoms. The Labute approximate surface area is 120 Å². The monoisotopic (exact) mass is 273 g/mol. The van der Waals surface area contributed by atoms with E-state index in [4.69, 9.17) is 4.98 Å². The standard InChI is InChI=1S/C15H23N5/c1-12(2)10-15-18-13-11-16-6-4-14(13)20(15)9-8-19-7-3-5-17-19/h3,5,7,12,16H,4,6,8-11H2,1-2H3. The molecule has 5 heteroatoms. The molecule has 0 radical (unpaired) electrons. The highest BCUT2D eigenvalue weighted by molar-refractivity contribution is 5.20. The zero-order chi connectivity index (χ0) is 13.9. The van der Waals surface area contributed by atoms with Crippen molar-refractivity contribution in [2.45, 2.75) is 46.3 Å². The van der Waals surface area contributed by atoms with Crippen LogP contribution in [0.5, 0.6) is 0 Å². The van der Waals surface area contributed by atoms with Gasteiger partial charge in [0, 0.05) is 50.6 Å². The summed E-state index contributed by atoms with van der Waals surface area (Å²) < 4.78 is 4.42. The van der Waals surface area contributed by atoms with Gasteiger partial charge in [0.05, 0.1) is 12.2 Å². The fraction of sp³-hybridized carbons (Fsp3) is 0.600. The summed E-state index contributed by atoms with van der Waals surface area (Å²) in [6.45, 7) is 8.35. The molecule has 0 unspecified atom stereocenters. The Kier molecular flexibility index (Phi) is 3.87. The lowest BCUT2D eigenvalue weighted by molar-refractivity contribution is 0.488. The van der Waals surface area contributed by atoms with E-state index in [0.717, 1.165) is 39.0 Å². The van der Waals surface area contributed by atoms with Crippen LogP contribution in [0.4, 0.5) is 0 Å². The Morgan fingerprint density at radius 1 is 1.35 bits per heavy atom. The van der Waals surface area contributed by atoms with Gasteiger partial charge in [-0.3, -0.25) is 4.68 Å². The van der Waals surface area contributed by atoms with Gasteiger partial charge in [0.25, 0.3) is 0 Å². The van der Waals surface area contributed by atoms with E-state index in [1.165, 1.54) is 17.2 Å². The van der Waals surface area contributed by atoms with Crippen LogP contribution in [0.15, 0.2) is 18.5 Å². The molecule has 0 spiro atoms. The van der Waals surface area contributed by atoms with Gasteiger partial charge in [-0.2, -0.15) is 5.10 Å². The number of fused-ring (bicyclic) bond motifs is 1. The van der Waals surface area contributed by atoms with E-state index in [1.54, 1.807) is 0 Å². The number of rotatable bonds is 5. The maximum Gasteiger partial charge on any atom is 0.109 e. The second-order valence-corrected chi connectivity index (χ2v) is 5.87. The topological polar surface area (TPSA) is 47.7 Å². The second-order valence-electron chi connectivity index (χ2n) is 5.87. The number of nitrogens with one attached hydrogen (secondary N) is 1. The molecule has 20 heavy (non-hydrogen) atoms. The van der Waals surface area contributed by atoms with Crippen molar-refractivity contribution in [3.8, 4) is 0 Å². The molecule has 0 aromatic carbocycles. The summed E-state index contributed by atoms with van der Waals surface area (Å²) >= 11 is 0. The van der Waals surface area contributed by atoms with Crippen molar-refractivity contribution < 1.29 is 0 Å². The van der Waals surface area contributed by atoms with Crippen LogP contribution < -0.4 is 5.32 Å². The first-order valence-electron chi connectivity index (χ1n) is 7.49. The SMILES string of the molecule is CC(C)Cc1nc2c(n1CCn1cccn1)CCNC2. The first-order valence-corrected chi connectivity index (χ1v) is 7.49. The third kappa shape index (κ3) is 2.77. The predicted molar refractivity (Wildman–Crippen MR) is 78.4 cm³/mol. The molecule has 1 N–H and O–H groups in total. The zero-order valence-corrected chi connectivity index (χ0v) is 12.3. The molecule has 0 amide bonds. The van der Waals surface area contributed by atoms with Gasteiger partial charge in [-0.1, -0.05) is 13.8 Å². The molecular weight excluding hydrogens is 250 g/mol. The average Bonchev–Trinajstić information content (AvgIpc) is 3.03. The van der Waals surface area contributed by atoms with Crippen molar-refractivity contribution in [3.63, 3.8) is 0 Å². The van der Waals surface area contributed by atoms with Gasteiger partial charge >= 0.3 is 0 Å². The molecule has 0 atom stereocenters. The molecule has 2 aromatic rings. The van der Waals surface area contributed by atoms with E-state index in [-0.39, 0.29) is 0 Å². The molecule has 0 saturated carbocycles. The van der Waals surface area contributed by atoms with Crippen molar-refractivity contribution >= 4 is 0 Å². The van der Waals surface area contributed by atoms with Gasteiger partial charge in [-0.15, -0.1) is 0 Å². The van der Waals surface area contributed by atoms with Crippen molar-refractivity contribution in [1.82, 2.24) is 24.6 Å². The Bertz CT molecular complexity index is 553. The van der Waals surface area contributed by atoms with Gasteiger partial charge in [0.2, 0.25) is 0 Å². The zero-order valence-electron chi connectivity index (χ0n) is 12.3. The number of nitrogens with zero attached hydrogens (tertiary/aromatic N) is 4. The van der Waals surface area contributed by atoms with Crippen LogP contribution in [0.1, 0.15) is 31.1 Å². The Hall–Kier alpha value is -1.62. The molecule has 1 aliphatic rings. The lowest BCUT2D eigenvalue weighted by Gasteiger charge is -2.16. The average molecular weight is 273 g/mol. The molecule has 0 aliphatic carbocycles. The van der Waals surface area contributed by atoms with Crippen LogP contribution in [0.3, 0.4) is 0 Å². The fourth-order valence-electron chi connectivity index (χ4n) is 2.85. The van der Waals surface area contributed by atoms with Crippen molar-refractivity contribution in [3.05, 3.63) is 35.7 Å². The molecule has 108 valence electrons. The van der Waals surface area contributed by atoms with E-state index in [9.17, 15) is 0 Å². The van der Waals surface area contributed by atoms with E-state index < -0.39 is 0 Å². The summed E-state index contributed by atoms with van der Waals surface area (Å²) in [5.74, 6) is 1.87. The Morgan fingerprint density at radius 3 is 3.00 bits per heavy atom. The summed E-state index contributed by atoms with van der Waals surface area (Å²) in [6.07, 6.45) is 5.99. The van der Waals surface area contributed by atoms with Gasteiger partial charge in [0.15, 0.2) is 0 Å². The largest absolute Gasteiger partial charge is 0.330 e. The number of hydrogen-bond acceptors (Lipinski definition) is 3. The van der Waals surface area contributed by atoms with Crippen LogP contribution in [-0.2, 0) is 32.5 Å². The minimum atomic E-state index is 0.635. The maximum atomic E-state index is 4.86. The summed E-state index contributed by atoms with van der Waals surface area (Å²) in [6, 6.07) is 1.97. The summed E-state index contributed by atoms with van der Waals surface area (Å²) in [5, 5.41) is 7.70. The number of aromatic nitrogens is 4. The van der Waals surface area contributed by atoms with Crippen molar-refractivity contribution in [2.24, 2.45) is 5.92 Å². The number of aryl methyl sites for hydroxylation is 1. The molecular formula is C15H23N5. The molecule has 2 aromatic heterocycles. The van der Waals surface area contributed by atoms with E-state index >= 15 is 0 Å². The van der Waals surface area contributed by atoms with Crippen molar-refractivity contribution in [1.29, 1.82) is 0 Å². The third-order valence-electron chi connectivity index (χ3n) is 3.77. The lowest BCUT2D eigenvalue weighted by atomic mass is 10.1. The van der Waals surface area contributed by atoms with Crippen LogP contribution in [0, 0.1) is 5.92 Å². The molecule has 0 saturated heterocycles. The quantitative estimate of drug-likeness (QED) is 0.900. The van der Waals surface area contributed by atoms with Crippen molar-refractivity contribution in [2.75, 3.05) is 6.54 Å². The highest BCUT2D eigenvalue weighted by Crippen LogP contribution is 2.18. The minimum Gasteiger partial charge on any atom is -0.330 e. The summed E-state index contributed by atoms with van der Waals surface area (Å²) in [4.78, 5) is 4.86. The van der Waals surface area contributed by atoms with Crippen LogP contribution >= 0.6 is 0 Å². The molecule has 3 rings (SSSR count). The van der Waals surface area contributed by atoms with Gasteiger partial charge in [-0.05, 0) is 12.0 Å². The lowest BCUT2D eigenvalue weighted by Crippen LogP contribution is -2.25. The van der Waals surface area contributed by atoms with E-state index in [2.05, 4.69) is 28.8 Å². The third-order valence-corrected chi connectivity index (χ3v) is 3.77. The molecule has 5 nitrogen and oxygen atoms in total. The molecule has 0 fully saturated rings.